The van der Waals surface area contributed by atoms with Gasteiger partial charge in [0, 0.05) is 26.2 Å². The van der Waals surface area contributed by atoms with Crippen LogP contribution in [0.2, 0.25) is 0 Å². The van der Waals surface area contributed by atoms with Gasteiger partial charge in [0.1, 0.15) is 11.8 Å². The van der Waals surface area contributed by atoms with Crippen LogP contribution in [0, 0.1) is 0 Å². The zero-order valence-electron chi connectivity index (χ0n) is 13.8. The Balaban J connectivity index is 1.54. The Morgan fingerprint density at radius 1 is 1.29 bits per heavy atom. The standard InChI is InChI=1S/C16H22N6O2/c1-20-13-8-17-10-18-14(13)22(16(20)24)12-6-7-21(9-12)15(23)19-11-4-2-3-5-11/h8,10-12H,2-7,9H2,1H3,(H,19,23). The van der Waals surface area contributed by atoms with Crippen LogP contribution in [0.1, 0.15) is 38.1 Å². The SMILES string of the molecule is Cn1c(=O)n(C2CCN(C(=O)NC3CCCC3)C2)c2ncncc21. The summed E-state index contributed by atoms with van der Waals surface area (Å²) in [5, 5.41) is 3.12. The maximum atomic E-state index is 12.6. The molecule has 2 aromatic rings. The average molecular weight is 330 g/mol. The highest BCUT2D eigenvalue weighted by Gasteiger charge is 2.31. The highest BCUT2D eigenvalue weighted by molar-refractivity contribution is 5.75. The summed E-state index contributed by atoms with van der Waals surface area (Å²) in [6, 6.07) is 0.266. The molecule has 1 aliphatic carbocycles. The molecule has 2 fully saturated rings. The van der Waals surface area contributed by atoms with Gasteiger partial charge in [-0.1, -0.05) is 12.8 Å². The van der Waals surface area contributed by atoms with Crippen molar-refractivity contribution in [1.29, 1.82) is 0 Å². The minimum absolute atomic E-state index is 0.00712. The first-order chi connectivity index (χ1) is 11.6. The van der Waals surface area contributed by atoms with Crippen LogP contribution in [-0.4, -0.2) is 49.2 Å². The van der Waals surface area contributed by atoms with Crippen molar-refractivity contribution < 1.29 is 4.79 Å². The molecule has 24 heavy (non-hydrogen) atoms. The number of nitrogens with zero attached hydrogens (tertiary/aromatic N) is 5. The molecule has 1 saturated carbocycles. The number of aryl methyl sites for hydroxylation is 1. The van der Waals surface area contributed by atoms with E-state index in [-0.39, 0.29) is 17.8 Å². The van der Waals surface area contributed by atoms with Gasteiger partial charge in [-0.15, -0.1) is 0 Å². The van der Waals surface area contributed by atoms with Crippen LogP contribution in [0.3, 0.4) is 0 Å². The fraction of sp³-hybridized carbons (Fsp3) is 0.625. The maximum Gasteiger partial charge on any atom is 0.330 e. The van der Waals surface area contributed by atoms with Gasteiger partial charge in [0.25, 0.3) is 0 Å². The maximum absolute atomic E-state index is 12.6. The summed E-state index contributed by atoms with van der Waals surface area (Å²) in [7, 11) is 1.73. The lowest BCUT2D eigenvalue weighted by Gasteiger charge is -2.20. The van der Waals surface area contributed by atoms with Gasteiger partial charge < -0.3 is 10.2 Å². The lowest BCUT2D eigenvalue weighted by atomic mass is 10.2. The fourth-order valence-corrected chi connectivity index (χ4v) is 3.90. The van der Waals surface area contributed by atoms with Crippen LogP contribution in [0.4, 0.5) is 4.79 Å². The Labute approximate surface area is 139 Å². The predicted molar refractivity (Wildman–Crippen MR) is 88.8 cm³/mol. The molecule has 1 atom stereocenters. The number of nitrogens with one attached hydrogen (secondary N) is 1. The number of carbonyl (C=O) groups excluding carboxylic acids is 1. The topological polar surface area (TPSA) is 85.0 Å². The zero-order chi connectivity index (χ0) is 16.7. The summed E-state index contributed by atoms with van der Waals surface area (Å²) in [6.45, 7) is 1.21. The van der Waals surface area contributed by atoms with E-state index in [0.29, 0.717) is 24.8 Å². The van der Waals surface area contributed by atoms with Crippen LogP contribution in [0.15, 0.2) is 17.3 Å². The number of fused-ring (bicyclic) bond motifs is 1. The Hall–Kier alpha value is -2.38. The number of aromatic nitrogens is 4. The van der Waals surface area contributed by atoms with Crippen molar-refractivity contribution in [3.63, 3.8) is 0 Å². The van der Waals surface area contributed by atoms with E-state index >= 15 is 0 Å². The van der Waals surface area contributed by atoms with Crippen molar-refractivity contribution in [3.8, 4) is 0 Å². The average Bonchev–Trinajstić information content (AvgIpc) is 3.30. The number of rotatable bonds is 2. The molecule has 1 N–H and O–H groups in total. The number of urea groups is 1. The number of hydrogen-bond donors (Lipinski definition) is 1. The first-order valence-electron chi connectivity index (χ1n) is 8.57. The Morgan fingerprint density at radius 2 is 2.08 bits per heavy atom. The van der Waals surface area contributed by atoms with Crippen LogP contribution < -0.4 is 11.0 Å². The van der Waals surface area contributed by atoms with Gasteiger partial charge in [-0.05, 0) is 19.3 Å². The molecular weight excluding hydrogens is 308 g/mol. The van der Waals surface area contributed by atoms with Crippen molar-refractivity contribution in [2.75, 3.05) is 13.1 Å². The van der Waals surface area contributed by atoms with Crippen LogP contribution in [0.5, 0.6) is 0 Å². The monoisotopic (exact) mass is 330 g/mol. The number of likely N-dealkylation sites (tertiary alicyclic amines) is 1. The molecule has 0 radical (unpaired) electrons. The Kier molecular flexibility index (Phi) is 3.74. The molecule has 2 amide bonds. The summed E-state index contributed by atoms with van der Waals surface area (Å²) in [5.74, 6) is 0. The van der Waals surface area contributed by atoms with E-state index in [0.717, 1.165) is 24.8 Å². The molecule has 0 aromatic carbocycles. The van der Waals surface area contributed by atoms with E-state index in [2.05, 4.69) is 15.3 Å². The molecule has 8 heteroatoms. The molecule has 1 saturated heterocycles. The highest BCUT2D eigenvalue weighted by atomic mass is 16.2. The second kappa shape index (κ2) is 5.92. The molecule has 128 valence electrons. The molecule has 8 nitrogen and oxygen atoms in total. The van der Waals surface area contributed by atoms with E-state index in [1.165, 1.54) is 19.2 Å². The number of hydrogen-bond acceptors (Lipinski definition) is 4. The van der Waals surface area contributed by atoms with Gasteiger partial charge >= 0.3 is 11.7 Å². The van der Waals surface area contributed by atoms with E-state index in [1.54, 1.807) is 22.4 Å². The van der Waals surface area contributed by atoms with E-state index in [9.17, 15) is 9.59 Å². The van der Waals surface area contributed by atoms with Crippen LogP contribution in [0.25, 0.3) is 11.2 Å². The third kappa shape index (κ3) is 2.46. The van der Waals surface area contributed by atoms with Crippen LogP contribution >= 0.6 is 0 Å². The summed E-state index contributed by atoms with van der Waals surface area (Å²) in [6.07, 6.45) is 8.40. The van der Waals surface area contributed by atoms with Crippen molar-refractivity contribution in [3.05, 3.63) is 23.0 Å². The van der Waals surface area contributed by atoms with Crippen molar-refractivity contribution in [2.24, 2.45) is 7.05 Å². The molecule has 0 bridgehead atoms. The number of amides is 2. The third-order valence-electron chi connectivity index (χ3n) is 5.25. The van der Waals surface area contributed by atoms with E-state index in [1.807, 2.05) is 4.90 Å². The first kappa shape index (κ1) is 15.2. The minimum Gasteiger partial charge on any atom is -0.335 e. The molecule has 2 aromatic heterocycles. The Morgan fingerprint density at radius 3 is 2.88 bits per heavy atom. The number of imidazole rings is 1. The zero-order valence-corrected chi connectivity index (χ0v) is 13.8. The van der Waals surface area contributed by atoms with E-state index < -0.39 is 0 Å². The normalized spacial score (nSPS) is 21.7. The van der Waals surface area contributed by atoms with Gasteiger partial charge in [0.15, 0.2) is 5.65 Å². The second-order valence-corrected chi connectivity index (χ2v) is 6.76. The summed E-state index contributed by atoms with van der Waals surface area (Å²) in [4.78, 5) is 35.1. The molecule has 2 aliphatic rings. The van der Waals surface area contributed by atoms with Gasteiger partial charge in [0.2, 0.25) is 0 Å². The van der Waals surface area contributed by atoms with Gasteiger partial charge in [0.05, 0.1) is 12.2 Å². The lowest BCUT2D eigenvalue weighted by Crippen LogP contribution is -2.43. The molecule has 3 heterocycles. The first-order valence-corrected chi connectivity index (χ1v) is 8.57. The van der Waals surface area contributed by atoms with Crippen molar-refractivity contribution in [1.82, 2.24) is 29.3 Å². The third-order valence-corrected chi connectivity index (χ3v) is 5.25. The fourth-order valence-electron chi connectivity index (χ4n) is 3.90. The van der Waals surface area contributed by atoms with E-state index in [4.69, 9.17) is 0 Å². The molecule has 1 aliphatic heterocycles. The molecule has 1 unspecified atom stereocenters. The smallest absolute Gasteiger partial charge is 0.330 e. The molecule has 0 spiro atoms. The quantitative estimate of drug-likeness (QED) is 0.891. The highest BCUT2D eigenvalue weighted by Crippen LogP contribution is 2.24. The van der Waals surface area contributed by atoms with Crippen molar-refractivity contribution >= 4 is 17.2 Å². The number of carbonyl (C=O) groups is 1. The molecule has 4 rings (SSSR count). The lowest BCUT2D eigenvalue weighted by molar-refractivity contribution is 0.203. The Bertz CT molecular complexity index is 820. The largest absolute Gasteiger partial charge is 0.335 e. The molecular formula is C16H22N6O2. The van der Waals surface area contributed by atoms with Crippen LogP contribution in [-0.2, 0) is 7.05 Å². The van der Waals surface area contributed by atoms with Crippen molar-refractivity contribution in [2.45, 2.75) is 44.2 Å². The minimum atomic E-state index is -0.103. The summed E-state index contributed by atoms with van der Waals surface area (Å²) >= 11 is 0. The summed E-state index contributed by atoms with van der Waals surface area (Å²) < 4.78 is 3.27. The summed E-state index contributed by atoms with van der Waals surface area (Å²) in [5.41, 5.74) is 1.26. The van der Waals surface area contributed by atoms with Gasteiger partial charge in [-0.3, -0.25) is 9.13 Å². The second-order valence-electron chi connectivity index (χ2n) is 6.76. The van der Waals surface area contributed by atoms with Gasteiger partial charge in [-0.2, -0.15) is 0 Å². The predicted octanol–water partition coefficient (Wildman–Crippen LogP) is 1.03. The van der Waals surface area contributed by atoms with Gasteiger partial charge in [-0.25, -0.2) is 19.6 Å².